The van der Waals surface area contributed by atoms with Crippen molar-refractivity contribution in [3.05, 3.63) is 53.6 Å². The number of aliphatic hydroxyl groups excluding tert-OH is 1. The van der Waals surface area contributed by atoms with Gasteiger partial charge in [-0.2, -0.15) is 0 Å². The highest BCUT2D eigenvalue weighted by Crippen LogP contribution is 2.42. The van der Waals surface area contributed by atoms with E-state index in [1.54, 1.807) is 20.1 Å². The Bertz CT molecular complexity index is 1040. The van der Waals surface area contributed by atoms with Crippen LogP contribution in [0.3, 0.4) is 0 Å². The van der Waals surface area contributed by atoms with E-state index in [4.69, 9.17) is 14.2 Å². The third-order valence-corrected chi connectivity index (χ3v) is 6.49. The van der Waals surface area contributed by atoms with Crippen molar-refractivity contribution in [2.24, 2.45) is 0 Å². The molecule has 2 aliphatic carbocycles. The van der Waals surface area contributed by atoms with E-state index in [1.807, 2.05) is 36.4 Å². The van der Waals surface area contributed by atoms with E-state index in [1.165, 1.54) is 12.8 Å². The molecule has 0 aromatic heterocycles. The summed E-state index contributed by atoms with van der Waals surface area (Å²) in [6.45, 7) is 1.56. The fourth-order valence-corrected chi connectivity index (χ4v) is 4.82. The number of hydrogen-bond donors (Lipinski definition) is 1. The third-order valence-electron chi connectivity index (χ3n) is 6.49. The number of para-hydroxylation sites is 1. The Morgan fingerprint density at radius 2 is 1.85 bits per heavy atom. The van der Waals surface area contributed by atoms with Crippen LogP contribution in [0.1, 0.15) is 69.4 Å². The number of ketones is 1. The van der Waals surface area contributed by atoms with Crippen LogP contribution >= 0.6 is 0 Å². The minimum absolute atomic E-state index is 0.202. The van der Waals surface area contributed by atoms with Crippen molar-refractivity contribution < 1.29 is 24.1 Å². The second-order valence-electron chi connectivity index (χ2n) is 9.00. The predicted octanol–water partition coefficient (Wildman–Crippen LogP) is 5.17. The average molecular weight is 449 g/mol. The van der Waals surface area contributed by atoms with Gasteiger partial charge in [-0.1, -0.05) is 30.0 Å². The van der Waals surface area contributed by atoms with E-state index >= 15 is 0 Å². The van der Waals surface area contributed by atoms with E-state index in [-0.39, 0.29) is 11.9 Å². The van der Waals surface area contributed by atoms with Crippen molar-refractivity contribution in [1.29, 1.82) is 0 Å². The topological polar surface area (TPSA) is 65.0 Å². The van der Waals surface area contributed by atoms with Crippen LogP contribution in [0, 0.1) is 11.8 Å². The van der Waals surface area contributed by atoms with Gasteiger partial charge in [-0.15, -0.1) is 0 Å². The van der Waals surface area contributed by atoms with Crippen molar-refractivity contribution in [2.45, 2.75) is 76.1 Å². The quantitative estimate of drug-likeness (QED) is 0.488. The Labute approximate surface area is 196 Å². The van der Waals surface area contributed by atoms with Crippen molar-refractivity contribution in [1.82, 2.24) is 0 Å². The van der Waals surface area contributed by atoms with E-state index in [0.717, 1.165) is 37.0 Å². The van der Waals surface area contributed by atoms with Gasteiger partial charge in [-0.05, 0) is 75.3 Å². The second kappa shape index (κ2) is 10.3. The predicted molar refractivity (Wildman–Crippen MR) is 127 cm³/mol. The lowest BCUT2D eigenvalue weighted by Crippen LogP contribution is -2.32. The standard InChI is InChI=1S/C28H32O5/c1-20(29)32-25-12-6-3-8-21(25)15-17-28(16-7-9-23(30)19-28)22-13-14-26(31-2)27(18-22)33-24-10-4-5-11-24/h3,6,8,12-14,18,20,24,29H,4-5,7,9-11,16,19H2,1-2H3. The van der Waals surface area contributed by atoms with Gasteiger partial charge < -0.3 is 19.3 Å². The van der Waals surface area contributed by atoms with Gasteiger partial charge in [0, 0.05) is 12.8 Å². The van der Waals surface area contributed by atoms with Gasteiger partial charge in [-0.25, -0.2) is 0 Å². The van der Waals surface area contributed by atoms with E-state index in [0.29, 0.717) is 29.9 Å². The molecule has 0 saturated heterocycles. The lowest BCUT2D eigenvalue weighted by Gasteiger charge is -2.33. The summed E-state index contributed by atoms with van der Waals surface area (Å²) >= 11 is 0. The molecule has 174 valence electrons. The third kappa shape index (κ3) is 5.51. The van der Waals surface area contributed by atoms with Crippen molar-refractivity contribution in [2.75, 3.05) is 7.11 Å². The first-order valence-electron chi connectivity index (χ1n) is 11.8. The fraction of sp³-hybridized carbons (Fsp3) is 0.464. The Hall–Kier alpha value is -2.97. The number of hydrogen-bond acceptors (Lipinski definition) is 5. The minimum atomic E-state index is -0.935. The summed E-state index contributed by atoms with van der Waals surface area (Å²) in [6, 6.07) is 13.3. The molecular weight excluding hydrogens is 416 g/mol. The van der Waals surface area contributed by atoms with Crippen LogP contribution in [0.25, 0.3) is 0 Å². The molecule has 0 spiro atoms. The normalized spacial score (nSPS) is 21.7. The number of ether oxygens (including phenoxy) is 3. The first kappa shape index (κ1) is 23.2. The minimum Gasteiger partial charge on any atom is -0.493 e. The largest absolute Gasteiger partial charge is 0.493 e. The van der Waals surface area contributed by atoms with Crippen LogP contribution in [-0.2, 0) is 10.2 Å². The molecule has 2 saturated carbocycles. The molecule has 4 rings (SSSR count). The van der Waals surface area contributed by atoms with Crippen LogP contribution < -0.4 is 14.2 Å². The summed E-state index contributed by atoms with van der Waals surface area (Å²) in [6.07, 6.45) is 6.29. The number of Topliss-reactive ketones (excluding diaryl/α,β-unsaturated/α-hetero) is 1. The van der Waals surface area contributed by atoms with Gasteiger partial charge >= 0.3 is 0 Å². The molecule has 5 nitrogen and oxygen atoms in total. The Kier molecular flexibility index (Phi) is 7.25. The van der Waals surface area contributed by atoms with Gasteiger partial charge in [0.25, 0.3) is 0 Å². The summed E-state index contributed by atoms with van der Waals surface area (Å²) in [5.41, 5.74) is 1.06. The van der Waals surface area contributed by atoms with Crippen LogP contribution in [0.4, 0.5) is 0 Å². The monoisotopic (exact) mass is 448 g/mol. The molecular formula is C28H32O5. The van der Waals surface area contributed by atoms with Gasteiger partial charge in [0.15, 0.2) is 17.8 Å². The summed E-state index contributed by atoms with van der Waals surface area (Å²) in [5, 5.41) is 9.67. The molecule has 2 aromatic rings. The summed E-state index contributed by atoms with van der Waals surface area (Å²) in [4.78, 5) is 12.6. The Balaban J connectivity index is 1.73. The number of carbonyl (C=O) groups is 1. The molecule has 2 aliphatic rings. The summed E-state index contributed by atoms with van der Waals surface area (Å²) < 4.78 is 17.4. The summed E-state index contributed by atoms with van der Waals surface area (Å²) in [5.74, 6) is 8.87. The smallest absolute Gasteiger partial charge is 0.194 e. The van der Waals surface area contributed by atoms with E-state index in [9.17, 15) is 9.90 Å². The molecule has 2 atom stereocenters. The second-order valence-corrected chi connectivity index (χ2v) is 9.00. The molecule has 2 unspecified atom stereocenters. The lowest BCUT2D eigenvalue weighted by molar-refractivity contribution is -0.121. The zero-order valence-electron chi connectivity index (χ0n) is 19.4. The first-order valence-corrected chi connectivity index (χ1v) is 11.8. The molecule has 5 heteroatoms. The summed E-state index contributed by atoms with van der Waals surface area (Å²) in [7, 11) is 1.65. The SMILES string of the molecule is COc1ccc(C2(C#Cc3ccccc3OC(C)O)CCCC(=O)C2)cc1OC1CCCC1. The number of benzene rings is 2. The fourth-order valence-electron chi connectivity index (χ4n) is 4.82. The van der Waals surface area contributed by atoms with E-state index in [2.05, 4.69) is 11.8 Å². The Morgan fingerprint density at radius 1 is 1.06 bits per heavy atom. The molecule has 0 heterocycles. The zero-order valence-corrected chi connectivity index (χ0v) is 19.4. The maximum absolute atomic E-state index is 12.6. The maximum atomic E-state index is 12.6. The molecule has 1 N–H and O–H groups in total. The number of aliphatic hydroxyl groups is 1. The number of carbonyl (C=O) groups excluding carboxylic acids is 1. The highest BCUT2D eigenvalue weighted by molar-refractivity contribution is 5.82. The van der Waals surface area contributed by atoms with E-state index < -0.39 is 11.7 Å². The molecule has 2 aromatic carbocycles. The van der Waals surface area contributed by atoms with Crippen molar-refractivity contribution in [3.8, 4) is 29.1 Å². The highest BCUT2D eigenvalue weighted by Gasteiger charge is 2.37. The zero-order chi connectivity index (χ0) is 23.3. The first-order chi connectivity index (χ1) is 16.0. The number of methoxy groups -OCH3 is 1. The number of rotatable bonds is 6. The molecule has 0 amide bonds. The van der Waals surface area contributed by atoms with Gasteiger partial charge in [-0.3, -0.25) is 4.79 Å². The molecule has 0 bridgehead atoms. The van der Waals surface area contributed by atoms with Crippen molar-refractivity contribution >= 4 is 5.78 Å². The Morgan fingerprint density at radius 3 is 2.58 bits per heavy atom. The molecule has 0 radical (unpaired) electrons. The lowest BCUT2D eigenvalue weighted by atomic mass is 9.69. The van der Waals surface area contributed by atoms with Gasteiger partial charge in [0.05, 0.1) is 24.2 Å². The molecule has 2 fully saturated rings. The van der Waals surface area contributed by atoms with Crippen LogP contribution in [-0.4, -0.2) is 30.4 Å². The maximum Gasteiger partial charge on any atom is 0.194 e. The van der Waals surface area contributed by atoms with Crippen LogP contribution in [0.2, 0.25) is 0 Å². The molecule has 0 aliphatic heterocycles. The average Bonchev–Trinajstić information content (AvgIpc) is 3.31. The van der Waals surface area contributed by atoms with Crippen LogP contribution in [0.5, 0.6) is 17.2 Å². The van der Waals surface area contributed by atoms with Crippen molar-refractivity contribution in [3.63, 3.8) is 0 Å². The van der Waals surface area contributed by atoms with Gasteiger partial charge in [0.2, 0.25) is 0 Å². The molecule has 33 heavy (non-hydrogen) atoms. The van der Waals surface area contributed by atoms with Crippen LogP contribution in [0.15, 0.2) is 42.5 Å². The van der Waals surface area contributed by atoms with Gasteiger partial charge in [0.1, 0.15) is 11.5 Å². The highest BCUT2D eigenvalue weighted by atomic mass is 16.6.